The molecule has 1 heterocycles. The number of benzene rings is 1. The first-order valence-electron chi connectivity index (χ1n) is 20.9. The molecule has 53 heavy (non-hydrogen) atoms. The highest BCUT2D eigenvalue weighted by Crippen LogP contribution is 2.77. The van der Waals surface area contributed by atoms with Crippen molar-refractivity contribution in [2.75, 3.05) is 38.7 Å². The van der Waals surface area contributed by atoms with Crippen LogP contribution in [0.25, 0.3) is 5.57 Å². The Balaban J connectivity index is 1.19. The molecule has 1 aliphatic heterocycles. The Bertz CT molecular complexity index is 1740. The fourth-order valence-corrected chi connectivity index (χ4v) is 16.7. The molecule has 1 aromatic carbocycles. The Kier molecular flexibility index (Phi) is 10.1. The normalized spacial score (nSPS) is 41.6. The van der Waals surface area contributed by atoms with E-state index in [1.165, 1.54) is 43.3 Å². The van der Waals surface area contributed by atoms with Crippen LogP contribution in [-0.2, 0) is 9.84 Å². The number of aliphatic hydroxyl groups is 1. The largest absolute Gasteiger partial charge is 0.478 e. The van der Waals surface area contributed by atoms with Crippen molar-refractivity contribution in [2.45, 2.75) is 123 Å². The van der Waals surface area contributed by atoms with Gasteiger partial charge in [-0.05, 0) is 146 Å². The van der Waals surface area contributed by atoms with Crippen molar-refractivity contribution in [3.63, 3.8) is 0 Å². The molecule has 4 saturated carbocycles. The second kappa shape index (κ2) is 13.6. The minimum Gasteiger partial charge on any atom is -0.478 e. The van der Waals surface area contributed by atoms with E-state index in [0.717, 1.165) is 44.3 Å². The van der Waals surface area contributed by atoms with E-state index in [9.17, 15) is 23.4 Å². The number of hydrogen-bond donors (Lipinski definition) is 2. The SMILES string of the molecule is C=C(C)[C@@H]1CC[C@]2(N(CCO)CCN3CC(CC)S(=O)(=O)C3)CC[C@]3(C)[C@H](CCC4[C@@]5(C)CC=C(c6ccc(C(=O)O)cc6)C(C)(C)C5CC[C@]43C)C12. The van der Waals surface area contributed by atoms with Gasteiger partial charge < -0.3 is 10.2 Å². The fraction of sp³-hybridized carbons (Fsp3) is 0.756. The van der Waals surface area contributed by atoms with Crippen molar-refractivity contribution < 1.29 is 23.4 Å². The quantitative estimate of drug-likeness (QED) is 0.232. The molecule has 5 fully saturated rings. The molecule has 0 radical (unpaired) electrons. The van der Waals surface area contributed by atoms with Crippen molar-refractivity contribution in [1.29, 1.82) is 0 Å². The van der Waals surface area contributed by atoms with Crippen molar-refractivity contribution in [3.05, 3.63) is 53.6 Å². The van der Waals surface area contributed by atoms with E-state index < -0.39 is 15.8 Å². The van der Waals surface area contributed by atoms with E-state index in [1.54, 1.807) is 12.1 Å². The van der Waals surface area contributed by atoms with Gasteiger partial charge in [-0.1, -0.05) is 71.9 Å². The predicted molar refractivity (Wildman–Crippen MR) is 214 cm³/mol. The van der Waals surface area contributed by atoms with Crippen LogP contribution in [-0.4, -0.2) is 83.9 Å². The lowest BCUT2D eigenvalue weighted by atomic mass is 9.33. The maximum absolute atomic E-state index is 12.8. The number of carboxylic acid groups (broad SMARTS) is 1. The zero-order valence-corrected chi connectivity index (χ0v) is 34.6. The molecule has 4 unspecified atom stereocenters. The number of aliphatic hydroxyl groups excluding tert-OH is 1. The molecule has 7 nitrogen and oxygen atoms in total. The van der Waals surface area contributed by atoms with Gasteiger partial charge in [0.2, 0.25) is 0 Å². The van der Waals surface area contributed by atoms with Crippen LogP contribution in [0, 0.1) is 51.2 Å². The minimum atomic E-state index is -3.07. The van der Waals surface area contributed by atoms with E-state index in [0.29, 0.717) is 54.7 Å². The average molecular weight is 749 g/mol. The van der Waals surface area contributed by atoms with Gasteiger partial charge in [0.05, 0.1) is 17.4 Å². The lowest BCUT2D eigenvalue weighted by Gasteiger charge is -2.73. The second-order valence-electron chi connectivity index (χ2n) is 19.8. The summed E-state index contributed by atoms with van der Waals surface area (Å²) >= 11 is 0. The van der Waals surface area contributed by atoms with Gasteiger partial charge >= 0.3 is 5.97 Å². The van der Waals surface area contributed by atoms with E-state index >= 15 is 0 Å². The Hall–Kier alpha value is -2.00. The van der Waals surface area contributed by atoms with E-state index in [1.807, 2.05) is 19.1 Å². The monoisotopic (exact) mass is 748 g/mol. The summed E-state index contributed by atoms with van der Waals surface area (Å²) < 4.78 is 25.7. The molecule has 0 spiro atoms. The molecule has 8 heteroatoms. The highest BCUT2D eigenvalue weighted by Gasteiger charge is 2.71. The van der Waals surface area contributed by atoms with Gasteiger partial charge in [0.15, 0.2) is 9.84 Å². The fourth-order valence-electron chi connectivity index (χ4n) is 14.8. The third-order valence-electron chi connectivity index (χ3n) is 17.5. The molecular formula is C45H68N2O5S. The summed E-state index contributed by atoms with van der Waals surface area (Å²) in [6.07, 6.45) is 13.8. The molecular weight excluding hydrogens is 681 g/mol. The first kappa shape index (κ1) is 39.2. The van der Waals surface area contributed by atoms with E-state index in [2.05, 4.69) is 64.0 Å². The van der Waals surface area contributed by atoms with Gasteiger partial charge in [0.25, 0.3) is 0 Å². The van der Waals surface area contributed by atoms with Crippen LogP contribution >= 0.6 is 0 Å². The van der Waals surface area contributed by atoms with Gasteiger partial charge in [-0.15, -0.1) is 0 Å². The van der Waals surface area contributed by atoms with Crippen LogP contribution in [0.5, 0.6) is 0 Å². The van der Waals surface area contributed by atoms with Crippen molar-refractivity contribution in [3.8, 4) is 0 Å². The first-order valence-corrected chi connectivity index (χ1v) is 22.6. The highest BCUT2D eigenvalue weighted by molar-refractivity contribution is 7.92. The minimum absolute atomic E-state index is 0.00420. The Morgan fingerprint density at radius 2 is 1.66 bits per heavy atom. The van der Waals surface area contributed by atoms with Crippen LogP contribution in [0.1, 0.15) is 129 Å². The van der Waals surface area contributed by atoms with Gasteiger partial charge in [-0.25, -0.2) is 13.2 Å². The number of aromatic carboxylic acids is 1. The lowest BCUT2D eigenvalue weighted by Crippen LogP contribution is -2.68. The number of fused-ring (bicyclic) bond motifs is 7. The zero-order valence-electron chi connectivity index (χ0n) is 33.8. The van der Waals surface area contributed by atoms with E-state index in [4.69, 9.17) is 0 Å². The number of hydrogen-bond acceptors (Lipinski definition) is 6. The van der Waals surface area contributed by atoms with Gasteiger partial charge in [0.1, 0.15) is 5.88 Å². The Morgan fingerprint density at radius 3 is 2.28 bits per heavy atom. The molecule has 2 N–H and O–H groups in total. The lowest BCUT2D eigenvalue weighted by molar-refractivity contribution is -0.228. The molecule has 0 bridgehead atoms. The topological polar surface area (TPSA) is 98.2 Å². The molecule has 1 aromatic rings. The second-order valence-corrected chi connectivity index (χ2v) is 22.1. The predicted octanol–water partition coefficient (Wildman–Crippen LogP) is 8.55. The number of β-amino-alcohol motifs (C(OH)–C–C–N with tert-alkyl or cyclic N) is 1. The van der Waals surface area contributed by atoms with Gasteiger partial charge in [0, 0.05) is 31.7 Å². The van der Waals surface area contributed by atoms with Crippen molar-refractivity contribution in [2.24, 2.45) is 51.2 Å². The summed E-state index contributed by atoms with van der Waals surface area (Å²) in [5.41, 5.74) is 4.75. The molecule has 10 atom stereocenters. The number of rotatable bonds is 10. The molecule has 5 aliphatic carbocycles. The number of carboxylic acids is 1. The summed E-state index contributed by atoms with van der Waals surface area (Å²) in [4.78, 5) is 16.4. The maximum Gasteiger partial charge on any atom is 0.335 e. The van der Waals surface area contributed by atoms with E-state index in [-0.39, 0.29) is 44.9 Å². The van der Waals surface area contributed by atoms with Crippen molar-refractivity contribution >= 4 is 21.4 Å². The molecule has 1 saturated heterocycles. The average Bonchev–Trinajstić information content (AvgIpc) is 3.64. The van der Waals surface area contributed by atoms with Crippen LogP contribution in [0.15, 0.2) is 42.5 Å². The molecule has 6 aliphatic rings. The zero-order chi connectivity index (χ0) is 38.4. The summed E-state index contributed by atoms with van der Waals surface area (Å²) in [5.74, 6) is 1.99. The molecule has 0 amide bonds. The Labute approximate surface area is 320 Å². The molecule has 0 aromatic heterocycles. The standard InChI is InChI=1S/C45H68N2O5S/c1-9-33-28-46(29-53(33,51)52)24-25-47(26-27-48)45-21-16-34(30(2)3)39(45)36-14-15-38-42(6)19-17-35(31-10-12-32(13-11-31)40(49)50)41(4,5)37(42)18-20-44(38,8)43(36,7)22-23-45/h10-13,17,33-34,36-39,48H,2,9,14-16,18-29H2,1,3-8H3,(H,49,50)/t33?,34-,36+,37?,38?,39?,42-,43+,44+,45-/m0/s1. The third kappa shape index (κ3) is 5.88. The van der Waals surface area contributed by atoms with Gasteiger partial charge in [-0.2, -0.15) is 0 Å². The van der Waals surface area contributed by atoms with Crippen LogP contribution in [0.4, 0.5) is 0 Å². The number of carbonyl (C=O) groups is 1. The summed E-state index contributed by atoms with van der Waals surface area (Å²) in [6, 6.07) is 7.55. The third-order valence-corrected chi connectivity index (χ3v) is 19.7. The van der Waals surface area contributed by atoms with Crippen LogP contribution < -0.4 is 0 Å². The maximum atomic E-state index is 12.8. The number of nitrogens with zero attached hydrogens (tertiary/aromatic N) is 2. The number of sulfone groups is 1. The molecule has 294 valence electrons. The number of allylic oxidation sites excluding steroid dienone is 3. The van der Waals surface area contributed by atoms with Crippen molar-refractivity contribution in [1.82, 2.24) is 9.80 Å². The smallest absolute Gasteiger partial charge is 0.335 e. The van der Waals surface area contributed by atoms with Crippen LogP contribution in [0.3, 0.4) is 0 Å². The summed E-state index contributed by atoms with van der Waals surface area (Å²) in [6.45, 7) is 24.7. The van der Waals surface area contributed by atoms with Crippen LogP contribution in [0.2, 0.25) is 0 Å². The van der Waals surface area contributed by atoms with Gasteiger partial charge in [-0.3, -0.25) is 9.80 Å². The first-order chi connectivity index (χ1) is 24.9. The summed E-state index contributed by atoms with van der Waals surface area (Å²) in [5, 5.41) is 19.8. The molecule has 7 rings (SSSR count). The Morgan fingerprint density at radius 1 is 0.943 bits per heavy atom. The summed E-state index contributed by atoms with van der Waals surface area (Å²) in [7, 11) is -3.07. The highest BCUT2D eigenvalue weighted by atomic mass is 32.2.